The Morgan fingerprint density at radius 2 is 1.96 bits per heavy atom. The Morgan fingerprint density at radius 3 is 2.50 bits per heavy atom. The molecule has 0 unspecified atom stereocenters. The van der Waals surface area contributed by atoms with Gasteiger partial charge in [0, 0.05) is 33.7 Å². The third-order valence-electron chi connectivity index (χ3n) is 4.55. The summed E-state index contributed by atoms with van der Waals surface area (Å²) in [6.45, 7) is 3.52. The van der Waals surface area contributed by atoms with Gasteiger partial charge in [-0.25, -0.2) is 0 Å². The second kappa shape index (κ2) is 8.15. The van der Waals surface area contributed by atoms with Crippen molar-refractivity contribution >= 4 is 11.8 Å². The van der Waals surface area contributed by atoms with Gasteiger partial charge in [0.15, 0.2) is 0 Å². The van der Waals surface area contributed by atoms with Crippen molar-refractivity contribution in [3.63, 3.8) is 0 Å². The number of nitrogens with zero attached hydrogens (tertiary/aromatic N) is 2. The number of hydrogen-bond acceptors (Lipinski definition) is 4. The summed E-state index contributed by atoms with van der Waals surface area (Å²) in [4.78, 5) is 28.6. The van der Waals surface area contributed by atoms with E-state index in [2.05, 4.69) is 0 Å². The van der Waals surface area contributed by atoms with E-state index in [0.717, 1.165) is 11.3 Å². The van der Waals surface area contributed by atoms with Crippen molar-refractivity contribution in [3.8, 4) is 5.75 Å². The standard InChI is InChI=1S/C18H26N2O4/c1-5-20-16(21)12-15(18(22)19(2)10-11-23-3)17(20)13-6-8-14(24-4)9-7-13/h6-9,15,17H,5,10-12H2,1-4H3/t15-,17+/m1/s1. The molecule has 1 heterocycles. The zero-order chi connectivity index (χ0) is 17.7. The maximum Gasteiger partial charge on any atom is 0.228 e. The normalized spacial score (nSPS) is 20.3. The van der Waals surface area contributed by atoms with Gasteiger partial charge in [-0.15, -0.1) is 0 Å². The average Bonchev–Trinajstić information content (AvgIpc) is 2.95. The summed E-state index contributed by atoms with van der Waals surface area (Å²) in [5, 5.41) is 0. The van der Waals surface area contributed by atoms with E-state index in [4.69, 9.17) is 9.47 Å². The summed E-state index contributed by atoms with van der Waals surface area (Å²) in [6.07, 6.45) is 0.251. The highest BCUT2D eigenvalue weighted by molar-refractivity contribution is 5.90. The van der Waals surface area contributed by atoms with Crippen LogP contribution in [0, 0.1) is 5.92 Å². The quantitative estimate of drug-likeness (QED) is 0.762. The van der Waals surface area contributed by atoms with Gasteiger partial charge in [-0.1, -0.05) is 12.1 Å². The van der Waals surface area contributed by atoms with Gasteiger partial charge < -0.3 is 19.3 Å². The third kappa shape index (κ3) is 3.70. The van der Waals surface area contributed by atoms with Crippen molar-refractivity contribution in [2.45, 2.75) is 19.4 Å². The number of rotatable bonds is 7. The van der Waals surface area contributed by atoms with Crippen LogP contribution in [0.25, 0.3) is 0 Å². The molecule has 132 valence electrons. The van der Waals surface area contributed by atoms with E-state index in [1.54, 1.807) is 31.1 Å². The monoisotopic (exact) mass is 334 g/mol. The first kappa shape index (κ1) is 18.3. The molecule has 0 radical (unpaired) electrons. The van der Waals surface area contributed by atoms with Crippen molar-refractivity contribution in [1.82, 2.24) is 9.80 Å². The molecule has 24 heavy (non-hydrogen) atoms. The van der Waals surface area contributed by atoms with Crippen LogP contribution in [0.5, 0.6) is 5.75 Å². The molecule has 1 fully saturated rings. The molecule has 6 nitrogen and oxygen atoms in total. The lowest BCUT2D eigenvalue weighted by Gasteiger charge is -2.29. The molecule has 2 amide bonds. The molecule has 0 saturated carbocycles. The van der Waals surface area contributed by atoms with Crippen molar-refractivity contribution in [2.24, 2.45) is 5.92 Å². The van der Waals surface area contributed by atoms with Gasteiger partial charge >= 0.3 is 0 Å². The Morgan fingerprint density at radius 1 is 1.29 bits per heavy atom. The average molecular weight is 334 g/mol. The van der Waals surface area contributed by atoms with E-state index < -0.39 is 0 Å². The first-order valence-electron chi connectivity index (χ1n) is 8.20. The number of amides is 2. The molecule has 6 heteroatoms. The summed E-state index contributed by atoms with van der Waals surface area (Å²) in [5.41, 5.74) is 0.960. The molecule has 2 atom stereocenters. The maximum atomic E-state index is 12.8. The van der Waals surface area contributed by atoms with Crippen LogP contribution in [0.4, 0.5) is 0 Å². The molecule has 1 aromatic carbocycles. The van der Waals surface area contributed by atoms with E-state index in [0.29, 0.717) is 19.7 Å². The molecule has 1 saturated heterocycles. The summed E-state index contributed by atoms with van der Waals surface area (Å²) in [7, 11) is 4.98. The van der Waals surface area contributed by atoms with Crippen molar-refractivity contribution in [2.75, 3.05) is 41.0 Å². The van der Waals surface area contributed by atoms with E-state index in [1.807, 2.05) is 31.2 Å². The molecule has 1 aromatic rings. The lowest BCUT2D eigenvalue weighted by Crippen LogP contribution is -2.38. The number of benzene rings is 1. The van der Waals surface area contributed by atoms with Crippen LogP contribution in [0.15, 0.2) is 24.3 Å². The van der Waals surface area contributed by atoms with Gasteiger partial charge in [-0.2, -0.15) is 0 Å². The topological polar surface area (TPSA) is 59.1 Å². The number of ether oxygens (including phenoxy) is 2. The molecule has 0 aliphatic carbocycles. The van der Waals surface area contributed by atoms with Crippen LogP contribution in [-0.2, 0) is 14.3 Å². The Bertz CT molecular complexity index is 573. The molecular weight excluding hydrogens is 308 g/mol. The minimum atomic E-state index is -0.368. The molecule has 1 aliphatic heterocycles. The lowest BCUT2D eigenvalue weighted by atomic mass is 9.92. The van der Waals surface area contributed by atoms with Gasteiger partial charge in [-0.05, 0) is 24.6 Å². The second-order valence-electron chi connectivity index (χ2n) is 5.96. The first-order chi connectivity index (χ1) is 11.5. The van der Waals surface area contributed by atoms with E-state index >= 15 is 0 Å². The highest BCUT2D eigenvalue weighted by Crippen LogP contribution is 2.39. The zero-order valence-electron chi connectivity index (χ0n) is 14.8. The summed E-state index contributed by atoms with van der Waals surface area (Å²) >= 11 is 0. The van der Waals surface area contributed by atoms with Gasteiger partial charge in [0.2, 0.25) is 11.8 Å². The third-order valence-corrected chi connectivity index (χ3v) is 4.55. The van der Waals surface area contributed by atoms with Gasteiger partial charge in [0.05, 0.1) is 25.7 Å². The van der Waals surface area contributed by atoms with Crippen LogP contribution in [0.2, 0.25) is 0 Å². The number of likely N-dealkylation sites (tertiary alicyclic amines) is 1. The number of likely N-dealkylation sites (N-methyl/N-ethyl adjacent to an activating group) is 1. The summed E-state index contributed by atoms with van der Waals surface area (Å²) < 4.78 is 10.2. The molecule has 0 N–H and O–H groups in total. The first-order valence-corrected chi connectivity index (χ1v) is 8.20. The molecule has 0 bridgehead atoms. The van der Waals surface area contributed by atoms with E-state index in [-0.39, 0.29) is 30.2 Å². The smallest absolute Gasteiger partial charge is 0.228 e. The minimum absolute atomic E-state index is 0.0165. The van der Waals surface area contributed by atoms with Gasteiger partial charge in [0.1, 0.15) is 5.75 Å². The number of carbonyl (C=O) groups excluding carboxylic acids is 2. The van der Waals surface area contributed by atoms with Gasteiger partial charge in [-0.3, -0.25) is 9.59 Å². The highest BCUT2D eigenvalue weighted by atomic mass is 16.5. The molecule has 1 aliphatic rings. The van der Waals surface area contributed by atoms with E-state index in [9.17, 15) is 9.59 Å². The minimum Gasteiger partial charge on any atom is -0.497 e. The summed E-state index contributed by atoms with van der Waals surface area (Å²) in [6, 6.07) is 7.36. The highest BCUT2D eigenvalue weighted by Gasteiger charge is 2.44. The molecule has 2 rings (SSSR count). The fourth-order valence-electron chi connectivity index (χ4n) is 3.22. The van der Waals surface area contributed by atoms with Crippen LogP contribution in [-0.4, -0.2) is 62.6 Å². The predicted molar refractivity (Wildman–Crippen MR) is 90.7 cm³/mol. The largest absolute Gasteiger partial charge is 0.497 e. The lowest BCUT2D eigenvalue weighted by molar-refractivity contribution is -0.135. The van der Waals surface area contributed by atoms with Crippen LogP contribution >= 0.6 is 0 Å². The molecular formula is C18H26N2O4. The second-order valence-corrected chi connectivity index (χ2v) is 5.96. The Hall–Kier alpha value is -2.08. The Balaban J connectivity index is 2.27. The van der Waals surface area contributed by atoms with Crippen molar-refractivity contribution < 1.29 is 19.1 Å². The van der Waals surface area contributed by atoms with Crippen LogP contribution in [0.1, 0.15) is 24.9 Å². The van der Waals surface area contributed by atoms with Crippen molar-refractivity contribution in [1.29, 1.82) is 0 Å². The fraction of sp³-hybridized carbons (Fsp3) is 0.556. The van der Waals surface area contributed by atoms with Gasteiger partial charge in [0.25, 0.3) is 0 Å². The van der Waals surface area contributed by atoms with E-state index in [1.165, 1.54) is 0 Å². The van der Waals surface area contributed by atoms with Crippen LogP contribution < -0.4 is 4.74 Å². The summed E-state index contributed by atoms with van der Waals surface area (Å²) in [5.74, 6) is 0.396. The Labute approximate surface area is 143 Å². The SMILES string of the molecule is CCN1C(=O)C[C@@H](C(=O)N(C)CCOC)[C@@H]1c1ccc(OC)cc1. The number of methoxy groups -OCH3 is 2. The number of carbonyl (C=O) groups is 2. The molecule has 0 spiro atoms. The fourth-order valence-corrected chi connectivity index (χ4v) is 3.22. The van der Waals surface area contributed by atoms with Crippen molar-refractivity contribution in [3.05, 3.63) is 29.8 Å². The zero-order valence-corrected chi connectivity index (χ0v) is 14.8. The molecule has 0 aromatic heterocycles. The maximum absolute atomic E-state index is 12.8. The van der Waals surface area contributed by atoms with Crippen LogP contribution in [0.3, 0.4) is 0 Å². The Kier molecular flexibility index (Phi) is 6.20. The number of hydrogen-bond donors (Lipinski definition) is 0. The predicted octanol–water partition coefficient (Wildman–Crippen LogP) is 1.71.